The molecule has 0 N–H and O–H groups in total. The van der Waals surface area contributed by atoms with Crippen LogP contribution in [0.1, 0.15) is 45.6 Å². The highest BCUT2D eigenvalue weighted by molar-refractivity contribution is 6.18. The largest absolute Gasteiger partial charge is 0.497 e. The normalized spacial score (nSPS) is 21.3. The number of benzene rings is 1. The number of alkyl halides is 1. The van der Waals surface area contributed by atoms with Gasteiger partial charge in [-0.3, -0.25) is 4.79 Å². The highest BCUT2D eigenvalue weighted by Crippen LogP contribution is 2.35. The van der Waals surface area contributed by atoms with Crippen molar-refractivity contribution in [2.75, 3.05) is 32.6 Å². The minimum atomic E-state index is -0.558. The van der Waals surface area contributed by atoms with E-state index in [4.69, 9.17) is 25.8 Å². The first-order valence-corrected chi connectivity index (χ1v) is 11.3. The van der Waals surface area contributed by atoms with Gasteiger partial charge in [0.1, 0.15) is 17.5 Å². The summed E-state index contributed by atoms with van der Waals surface area (Å²) in [4.78, 5) is 29.1. The van der Waals surface area contributed by atoms with Crippen LogP contribution in [-0.2, 0) is 20.8 Å². The van der Waals surface area contributed by atoms with Crippen molar-refractivity contribution in [2.45, 2.75) is 63.9 Å². The average Bonchev–Trinajstić information content (AvgIpc) is 2.71. The van der Waals surface area contributed by atoms with Gasteiger partial charge in [0.05, 0.1) is 19.3 Å². The molecule has 0 aromatic heterocycles. The molecule has 1 spiro atoms. The van der Waals surface area contributed by atoms with Crippen molar-refractivity contribution in [3.05, 3.63) is 29.8 Å². The summed E-state index contributed by atoms with van der Waals surface area (Å²) < 4.78 is 17.1. The third-order valence-corrected chi connectivity index (χ3v) is 5.91. The number of piperidine rings is 1. The van der Waals surface area contributed by atoms with Gasteiger partial charge in [0.15, 0.2) is 0 Å². The molecule has 1 atom stereocenters. The predicted molar refractivity (Wildman–Crippen MR) is 118 cm³/mol. The summed E-state index contributed by atoms with van der Waals surface area (Å²) in [5, 5.41) is 0. The number of carbonyl (C=O) groups is 2. The first kappa shape index (κ1) is 23.7. The van der Waals surface area contributed by atoms with E-state index in [0.717, 1.165) is 11.3 Å². The van der Waals surface area contributed by atoms with Crippen molar-refractivity contribution in [3.63, 3.8) is 0 Å². The van der Waals surface area contributed by atoms with E-state index >= 15 is 0 Å². The van der Waals surface area contributed by atoms with E-state index in [-0.39, 0.29) is 12.0 Å². The van der Waals surface area contributed by atoms with Gasteiger partial charge in [0, 0.05) is 25.5 Å². The van der Waals surface area contributed by atoms with Gasteiger partial charge in [-0.25, -0.2) is 4.79 Å². The molecule has 0 aliphatic carbocycles. The number of carbonyl (C=O) groups excluding carboxylic acids is 2. The van der Waals surface area contributed by atoms with Gasteiger partial charge < -0.3 is 24.0 Å². The van der Waals surface area contributed by atoms with Gasteiger partial charge in [-0.2, -0.15) is 0 Å². The third-order valence-electron chi connectivity index (χ3n) is 5.69. The van der Waals surface area contributed by atoms with Crippen LogP contribution in [0.15, 0.2) is 24.3 Å². The fraction of sp³-hybridized carbons (Fsp3) is 0.652. The van der Waals surface area contributed by atoms with Crippen LogP contribution in [0.25, 0.3) is 0 Å². The number of nitrogens with zero attached hydrogens (tertiary/aromatic N) is 2. The average molecular weight is 453 g/mol. The third kappa shape index (κ3) is 6.04. The molecule has 2 heterocycles. The highest BCUT2D eigenvalue weighted by atomic mass is 35.5. The molecule has 8 heteroatoms. The van der Waals surface area contributed by atoms with Crippen molar-refractivity contribution >= 4 is 23.6 Å². The smallest absolute Gasteiger partial charge is 0.410 e. The van der Waals surface area contributed by atoms with Gasteiger partial charge in [-0.15, -0.1) is 11.6 Å². The van der Waals surface area contributed by atoms with E-state index in [0.29, 0.717) is 51.3 Å². The minimum absolute atomic E-state index is 0.0309. The second-order valence-corrected chi connectivity index (χ2v) is 9.65. The summed E-state index contributed by atoms with van der Waals surface area (Å²) in [6.45, 7) is 7.65. The second-order valence-electron chi connectivity index (χ2n) is 9.28. The number of hydrogen-bond donors (Lipinski definition) is 0. The van der Waals surface area contributed by atoms with Crippen molar-refractivity contribution in [3.8, 4) is 5.75 Å². The Morgan fingerprint density at radius 3 is 2.42 bits per heavy atom. The maximum absolute atomic E-state index is 13.0. The molecular weight excluding hydrogens is 420 g/mol. The second kappa shape index (κ2) is 9.65. The maximum Gasteiger partial charge on any atom is 0.410 e. The van der Waals surface area contributed by atoms with Crippen LogP contribution >= 0.6 is 11.6 Å². The molecule has 7 nitrogen and oxygen atoms in total. The molecule has 2 fully saturated rings. The molecule has 2 aliphatic heterocycles. The topological polar surface area (TPSA) is 68.3 Å². The lowest BCUT2D eigenvalue weighted by atomic mass is 9.88. The maximum atomic E-state index is 13.0. The van der Waals surface area contributed by atoms with Crippen LogP contribution in [0.2, 0.25) is 0 Å². The summed E-state index contributed by atoms with van der Waals surface area (Å²) >= 11 is 5.96. The van der Waals surface area contributed by atoms with Gasteiger partial charge in [-0.05, 0) is 57.7 Å². The molecule has 0 bridgehead atoms. The number of likely N-dealkylation sites (tertiary alicyclic amines) is 1. The molecule has 0 saturated carbocycles. The minimum Gasteiger partial charge on any atom is -0.497 e. The summed E-state index contributed by atoms with van der Waals surface area (Å²) in [6, 6.07) is 7.73. The molecule has 2 saturated heterocycles. The Morgan fingerprint density at radius 2 is 1.87 bits per heavy atom. The monoisotopic (exact) mass is 452 g/mol. The summed E-state index contributed by atoms with van der Waals surface area (Å²) in [5.41, 5.74) is 0.0259. The number of amides is 2. The molecule has 172 valence electrons. The molecule has 1 aromatic carbocycles. The fourth-order valence-corrected chi connectivity index (χ4v) is 4.28. The first-order valence-electron chi connectivity index (χ1n) is 10.8. The van der Waals surface area contributed by atoms with Crippen molar-refractivity contribution in [1.29, 1.82) is 0 Å². The van der Waals surface area contributed by atoms with E-state index < -0.39 is 17.3 Å². The summed E-state index contributed by atoms with van der Waals surface area (Å²) in [6.07, 6.45) is 0.908. The number of methoxy groups -OCH3 is 1. The fourth-order valence-electron chi connectivity index (χ4n) is 4.08. The van der Waals surface area contributed by atoms with Crippen LogP contribution in [0.4, 0.5) is 4.79 Å². The zero-order valence-electron chi connectivity index (χ0n) is 18.9. The zero-order valence-corrected chi connectivity index (χ0v) is 19.6. The molecule has 1 aromatic rings. The summed E-state index contributed by atoms with van der Waals surface area (Å²) in [7, 11) is 1.63. The molecule has 2 amide bonds. The Bertz CT molecular complexity index is 769. The van der Waals surface area contributed by atoms with Crippen molar-refractivity contribution in [2.24, 2.45) is 0 Å². The molecule has 3 rings (SSSR count). The Labute approximate surface area is 189 Å². The van der Waals surface area contributed by atoms with Gasteiger partial charge in [-0.1, -0.05) is 12.1 Å². The lowest BCUT2D eigenvalue weighted by molar-refractivity contribution is -0.193. The zero-order chi connectivity index (χ0) is 22.6. The molecule has 2 aliphatic rings. The molecular formula is C23H33ClN2O5. The highest BCUT2D eigenvalue weighted by Gasteiger charge is 2.47. The first-order chi connectivity index (χ1) is 14.6. The van der Waals surface area contributed by atoms with E-state index in [1.165, 1.54) is 0 Å². The number of hydrogen-bond acceptors (Lipinski definition) is 5. The quantitative estimate of drug-likeness (QED) is 0.635. The van der Waals surface area contributed by atoms with E-state index in [1.54, 1.807) is 12.0 Å². The lowest BCUT2D eigenvalue weighted by Crippen LogP contribution is -2.62. The predicted octanol–water partition coefficient (Wildman–Crippen LogP) is 3.82. The SMILES string of the molecule is COc1ccc(CN2CC3(CCN(C(=O)OC(C)(C)C)CC3)OC(CCCl)C2=O)cc1. The van der Waals surface area contributed by atoms with Crippen LogP contribution in [0.5, 0.6) is 5.75 Å². The number of morpholine rings is 1. The molecule has 31 heavy (non-hydrogen) atoms. The van der Waals surface area contributed by atoms with Crippen LogP contribution in [-0.4, -0.2) is 71.7 Å². The number of ether oxygens (including phenoxy) is 3. The van der Waals surface area contributed by atoms with Gasteiger partial charge in [0.2, 0.25) is 0 Å². The number of halogens is 1. The standard InChI is InChI=1S/C23H33ClN2O5/c1-22(2,3)31-21(28)25-13-10-23(11-14-25)16-26(20(27)19(30-23)9-12-24)15-17-5-7-18(29-4)8-6-17/h5-8,19H,9-16H2,1-4H3. The van der Waals surface area contributed by atoms with Crippen LogP contribution < -0.4 is 4.74 Å². The van der Waals surface area contributed by atoms with Gasteiger partial charge in [0.25, 0.3) is 5.91 Å². The van der Waals surface area contributed by atoms with Crippen molar-refractivity contribution in [1.82, 2.24) is 9.80 Å². The Morgan fingerprint density at radius 1 is 1.23 bits per heavy atom. The molecule has 1 unspecified atom stereocenters. The number of rotatable bonds is 5. The Kier molecular flexibility index (Phi) is 7.37. The lowest BCUT2D eigenvalue weighted by Gasteiger charge is -2.49. The Balaban J connectivity index is 1.70. The van der Waals surface area contributed by atoms with E-state index in [1.807, 2.05) is 49.9 Å². The van der Waals surface area contributed by atoms with Crippen molar-refractivity contribution < 1.29 is 23.8 Å². The van der Waals surface area contributed by atoms with E-state index in [2.05, 4.69) is 0 Å². The molecule has 0 radical (unpaired) electrons. The Hall–Kier alpha value is -1.99. The summed E-state index contributed by atoms with van der Waals surface area (Å²) in [5.74, 6) is 1.10. The van der Waals surface area contributed by atoms with Gasteiger partial charge >= 0.3 is 6.09 Å². The van der Waals surface area contributed by atoms with Crippen LogP contribution in [0, 0.1) is 0 Å². The van der Waals surface area contributed by atoms with Crippen LogP contribution in [0.3, 0.4) is 0 Å². The van der Waals surface area contributed by atoms with E-state index in [9.17, 15) is 9.59 Å².